The summed E-state index contributed by atoms with van der Waals surface area (Å²) in [6.07, 6.45) is 0. The fourth-order valence-corrected chi connectivity index (χ4v) is 1.88. The van der Waals surface area contributed by atoms with Crippen LogP contribution >= 0.6 is 11.8 Å². The Hall–Kier alpha value is -1.96. The van der Waals surface area contributed by atoms with E-state index in [4.69, 9.17) is 5.11 Å². The molecule has 0 atom stereocenters. The van der Waals surface area contributed by atoms with Gasteiger partial charge in [0.1, 0.15) is 0 Å². The molecule has 94 valence electrons. The van der Waals surface area contributed by atoms with Crippen molar-refractivity contribution in [1.29, 1.82) is 0 Å². The molecule has 2 aromatic rings. The zero-order chi connectivity index (χ0) is 13.3. The van der Waals surface area contributed by atoms with E-state index in [0.717, 1.165) is 11.8 Å². The zero-order valence-corrected chi connectivity index (χ0v) is 10.5. The molecule has 0 aliphatic carbocycles. The van der Waals surface area contributed by atoms with Crippen molar-refractivity contribution in [2.24, 2.45) is 0 Å². The number of fused-ring (bicyclic) bond motifs is 1. The van der Waals surface area contributed by atoms with E-state index in [1.165, 1.54) is 0 Å². The van der Waals surface area contributed by atoms with Gasteiger partial charge in [0.15, 0.2) is 16.3 Å². The first-order chi connectivity index (χ1) is 8.47. The van der Waals surface area contributed by atoms with E-state index in [9.17, 15) is 9.59 Å². The van der Waals surface area contributed by atoms with E-state index in [-0.39, 0.29) is 22.1 Å². The molecule has 2 heterocycles. The van der Waals surface area contributed by atoms with Crippen molar-refractivity contribution >= 4 is 28.9 Å². The van der Waals surface area contributed by atoms with Crippen LogP contribution in [0.15, 0.2) is 9.95 Å². The number of aryl methyl sites for hydroxylation is 2. The number of aromatic nitrogens is 4. The van der Waals surface area contributed by atoms with Crippen molar-refractivity contribution in [3.63, 3.8) is 0 Å². The van der Waals surface area contributed by atoms with E-state index >= 15 is 0 Å². The SMILES string of the molecule is Cc1nc2nc(SCC(=O)O)[nH]c(=O)c2nc1C. The number of carboxylic acids is 1. The average molecular weight is 266 g/mol. The summed E-state index contributed by atoms with van der Waals surface area (Å²) in [4.78, 5) is 37.0. The Balaban J connectivity index is 2.51. The summed E-state index contributed by atoms with van der Waals surface area (Å²) in [6.45, 7) is 3.53. The lowest BCUT2D eigenvalue weighted by molar-refractivity contribution is -0.133. The topological polar surface area (TPSA) is 109 Å². The average Bonchev–Trinajstić information content (AvgIpc) is 2.29. The van der Waals surface area contributed by atoms with E-state index in [2.05, 4.69) is 19.9 Å². The van der Waals surface area contributed by atoms with Crippen LogP contribution in [0.25, 0.3) is 11.2 Å². The van der Waals surface area contributed by atoms with Gasteiger partial charge in [0.2, 0.25) is 0 Å². The second-order valence-electron chi connectivity index (χ2n) is 3.62. The first kappa shape index (κ1) is 12.5. The molecule has 0 saturated carbocycles. The Morgan fingerprint density at radius 1 is 1.28 bits per heavy atom. The zero-order valence-electron chi connectivity index (χ0n) is 9.72. The third kappa shape index (κ3) is 2.48. The molecule has 0 radical (unpaired) electrons. The van der Waals surface area contributed by atoms with Crippen molar-refractivity contribution in [3.05, 3.63) is 21.7 Å². The maximum Gasteiger partial charge on any atom is 0.313 e. The number of carbonyl (C=O) groups is 1. The van der Waals surface area contributed by atoms with Gasteiger partial charge in [-0.05, 0) is 13.8 Å². The number of hydrogen-bond donors (Lipinski definition) is 2. The van der Waals surface area contributed by atoms with Gasteiger partial charge in [-0.25, -0.2) is 15.0 Å². The van der Waals surface area contributed by atoms with Gasteiger partial charge in [0.25, 0.3) is 5.56 Å². The number of aromatic amines is 1. The Bertz CT molecular complexity index is 683. The molecule has 0 fully saturated rings. The number of rotatable bonds is 3. The second kappa shape index (κ2) is 4.73. The van der Waals surface area contributed by atoms with Crippen LogP contribution in [0.3, 0.4) is 0 Å². The van der Waals surface area contributed by atoms with Crippen LogP contribution in [0.2, 0.25) is 0 Å². The summed E-state index contributed by atoms with van der Waals surface area (Å²) in [6, 6.07) is 0. The normalized spacial score (nSPS) is 10.8. The highest BCUT2D eigenvalue weighted by atomic mass is 32.2. The molecule has 0 unspecified atom stereocenters. The molecule has 0 aromatic carbocycles. The third-order valence-electron chi connectivity index (χ3n) is 2.26. The van der Waals surface area contributed by atoms with Gasteiger partial charge >= 0.3 is 5.97 Å². The molecule has 0 aliphatic heterocycles. The van der Waals surface area contributed by atoms with Crippen LogP contribution in [0.4, 0.5) is 0 Å². The number of thioether (sulfide) groups is 1. The van der Waals surface area contributed by atoms with Crippen LogP contribution in [0, 0.1) is 13.8 Å². The molecule has 2 rings (SSSR count). The minimum Gasteiger partial charge on any atom is -0.481 e. The van der Waals surface area contributed by atoms with Gasteiger partial charge in [-0.3, -0.25) is 14.6 Å². The standard InChI is InChI=1S/C10H10N4O3S/c1-4-5(2)12-8-7(11-4)9(17)14-10(13-8)18-3-6(15)16/h3H2,1-2H3,(H,15,16)(H,12,13,14,17). The Kier molecular flexibility index (Phi) is 3.28. The highest BCUT2D eigenvalue weighted by molar-refractivity contribution is 7.99. The Morgan fingerprint density at radius 3 is 2.61 bits per heavy atom. The number of nitrogens with zero attached hydrogens (tertiary/aromatic N) is 3. The molecule has 0 spiro atoms. The molecular weight excluding hydrogens is 256 g/mol. The van der Waals surface area contributed by atoms with E-state index in [1.807, 2.05) is 0 Å². The van der Waals surface area contributed by atoms with Crippen LogP contribution in [0.5, 0.6) is 0 Å². The van der Waals surface area contributed by atoms with Crippen LogP contribution in [-0.4, -0.2) is 36.8 Å². The monoisotopic (exact) mass is 266 g/mol. The predicted molar refractivity (Wildman–Crippen MR) is 65.8 cm³/mol. The predicted octanol–water partition coefficient (Wildman–Crippen LogP) is 0.507. The lowest BCUT2D eigenvalue weighted by Gasteiger charge is -2.03. The molecule has 8 heteroatoms. The summed E-state index contributed by atoms with van der Waals surface area (Å²) in [5, 5.41) is 8.80. The van der Waals surface area contributed by atoms with Gasteiger partial charge in [0.05, 0.1) is 17.1 Å². The highest BCUT2D eigenvalue weighted by Crippen LogP contribution is 2.13. The van der Waals surface area contributed by atoms with Crippen molar-refractivity contribution in [1.82, 2.24) is 19.9 Å². The maximum absolute atomic E-state index is 11.7. The van der Waals surface area contributed by atoms with E-state index < -0.39 is 11.5 Å². The molecule has 2 N–H and O–H groups in total. The minimum atomic E-state index is -0.978. The molecule has 0 aliphatic rings. The molecular formula is C10H10N4O3S. The van der Waals surface area contributed by atoms with Crippen LogP contribution in [-0.2, 0) is 4.79 Å². The molecule has 0 saturated heterocycles. The third-order valence-corrected chi connectivity index (χ3v) is 3.12. The van der Waals surface area contributed by atoms with Crippen molar-refractivity contribution in [2.75, 3.05) is 5.75 Å². The summed E-state index contributed by atoms with van der Waals surface area (Å²) in [5.74, 6) is -1.15. The summed E-state index contributed by atoms with van der Waals surface area (Å²) >= 11 is 0.934. The Labute approximate surface area is 106 Å². The van der Waals surface area contributed by atoms with Crippen LogP contribution < -0.4 is 5.56 Å². The quantitative estimate of drug-likeness (QED) is 0.615. The number of nitrogens with one attached hydrogen (secondary N) is 1. The number of hydrogen-bond acceptors (Lipinski definition) is 6. The molecule has 2 aromatic heterocycles. The van der Waals surface area contributed by atoms with Crippen molar-refractivity contribution < 1.29 is 9.90 Å². The lowest BCUT2D eigenvalue weighted by atomic mass is 10.3. The van der Waals surface area contributed by atoms with Gasteiger partial charge in [-0.2, -0.15) is 0 Å². The summed E-state index contributed by atoms with van der Waals surface area (Å²) in [7, 11) is 0. The number of carboxylic acid groups (broad SMARTS) is 1. The Morgan fingerprint density at radius 2 is 1.94 bits per heavy atom. The maximum atomic E-state index is 11.7. The highest BCUT2D eigenvalue weighted by Gasteiger charge is 2.10. The van der Waals surface area contributed by atoms with E-state index in [0.29, 0.717) is 11.4 Å². The van der Waals surface area contributed by atoms with Gasteiger partial charge in [0, 0.05) is 0 Å². The molecule has 0 bridgehead atoms. The smallest absolute Gasteiger partial charge is 0.313 e. The summed E-state index contributed by atoms with van der Waals surface area (Å²) in [5.41, 5.74) is 1.34. The summed E-state index contributed by atoms with van der Waals surface area (Å²) < 4.78 is 0. The van der Waals surface area contributed by atoms with E-state index in [1.54, 1.807) is 13.8 Å². The van der Waals surface area contributed by atoms with Crippen molar-refractivity contribution in [2.45, 2.75) is 19.0 Å². The molecule has 0 amide bonds. The van der Waals surface area contributed by atoms with Gasteiger partial charge in [-0.15, -0.1) is 0 Å². The number of H-pyrrole nitrogens is 1. The second-order valence-corrected chi connectivity index (χ2v) is 4.58. The van der Waals surface area contributed by atoms with Gasteiger partial charge < -0.3 is 5.11 Å². The minimum absolute atomic E-state index is 0.165. The fourth-order valence-electron chi connectivity index (χ4n) is 1.30. The first-order valence-electron chi connectivity index (χ1n) is 5.07. The molecule has 18 heavy (non-hydrogen) atoms. The van der Waals surface area contributed by atoms with Crippen LogP contribution in [0.1, 0.15) is 11.4 Å². The first-order valence-corrected chi connectivity index (χ1v) is 6.06. The van der Waals surface area contributed by atoms with Gasteiger partial charge in [-0.1, -0.05) is 11.8 Å². The fraction of sp³-hybridized carbons (Fsp3) is 0.300. The molecule has 7 nitrogen and oxygen atoms in total. The largest absolute Gasteiger partial charge is 0.481 e. The van der Waals surface area contributed by atoms with Crippen molar-refractivity contribution in [3.8, 4) is 0 Å². The number of aliphatic carboxylic acids is 1. The lowest BCUT2D eigenvalue weighted by Crippen LogP contribution is -2.13.